The summed E-state index contributed by atoms with van der Waals surface area (Å²) in [5, 5.41) is 0. The van der Waals surface area contributed by atoms with Crippen LogP contribution in [0.1, 0.15) is 36.2 Å². The van der Waals surface area contributed by atoms with E-state index in [4.69, 9.17) is 10.7 Å². The van der Waals surface area contributed by atoms with Gasteiger partial charge in [-0.1, -0.05) is 6.42 Å². The molecular weight excluding hydrogens is 198 g/mol. The van der Waals surface area contributed by atoms with Gasteiger partial charge in [0, 0.05) is 18.4 Å². The number of nitrogens with zero attached hydrogens (tertiary/aromatic N) is 2. The number of hydrogen-bond donors (Lipinski definition) is 1. The maximum Gasteiger partial charge on any atom is 0.137 e. The van der Waals surface area contributed by atoms with Gasteiger partial charge < -0.3 is 10.1 Å². The summed E-state index contributed by atoms with van der Waals surface area (Å²) in [4.78, 5) is 4.73. The predicted octanol–water partition coefficient (Wildman–Crippen LogP) is 2.06. The summed E-state index contributed by atoms with van der Waals surface area (Å²) in [6, 6.07) is 4.20. The van der Waals surface area contributed by atoms with Crippen molar-refractivity contribution in [1.82, 2.24) is 9.38 Å². The Hall–Kier alpha value is -1.35. The van der Waals surface area contributed by atoms with E-state index in [1.807, 2.05) is 0 Å². The fourth-order valence-corrected chi connectivity index (χ4v) is 2.54. The Balaban J connectivity index is 2.17. The number of fused-ring (bicyclic) bond motifs is 3. The maximum absolute atomic E-state index is 5.65. The van der Waals surface area contributed by atoms with Gasteiger partial charge in [0.25, 0.3) is 0 Å². The first kappa shape index (κ1) is 9.85. The predicted molar refractivity (Wildman–Crippen MR) is 64.3 cm³/mol. The molecular formula is C13H17N3. The number of hydrogen-bond acceptors (Lipinski definition) is 2. The van der Waals surface area contributed by atoms with Crippen molar-refractivity contribution in [2.75, 3.05) is 0 Å². The second kappa shape index (κ2) is 3.91. The fraction of sp³-hybridized carbons (Fsp3) is 0.462. The van der Waals surface area contributed by atoms with Crippen LogP contribution in [-0.4, -0.2) is 9.38 Å². The molecule has 1 aliphatic rings. The van der Waals surface area contributed by atoms with E-state index in [-0.39, 0.29) is 0 Å². The smallest absolute Gasteiger partial charge is 0.137 e. The Morgan fingerprint density at radius 3 is 3.00 bits per heavy atom. The van der Waals surface area contributed by atoms with Crippen LogP contribution < -0.4 is 5.73 Å². The van der Waals surface area contributed by atoms with Crippen molar-refractivity contribution < 1.29 is 0 Å². The molecule has 2 aromatic rings. The number of nitrogens with two attached hydrogens (primary N) is 1. The summed E-state index contributed by atoms with van der Waals surface area (Å²) in [6.45, 7) is 0.591. The Kier molecular flexibility index (Phi) is 2.40. The van der Waals surface area contributed by atoms with Crippen molar-refractivity contribution in [3.63, 3.8) is 0 Å². The molecule has 1 aliphatic carbocycles. The highest BCUT2D eigenvalue weighted by Crippen LogP contribution is 2.22. The van der Waals surface area contributed by atoms with Crippen molar-refractivity contribution in [2.45, 2.75) is 38.6 Å². The van der Waals surface area contributed by atoms with Gasteiger partial charge in [-0.15, -0.1) is 0 Å². The third-order valence-corrected chi connectivity index (χ3v) is 3.44. The number of pyridine rings is 1. The second-order valence-corrected chi connectivity index (χ2v) is 4.53. The van der Waals surface area contributed by atoms with Crippen LogP contribution in [0.15, 0.2) is 18.3 Å². The first-order valence-corrected chi connectivity index (χ1v) is 6.07. The van der Waals surface area contributed by atoms with Crippen molar-refractivity contribution in [3.8, 4) is 0 Å². The molecule has 2 aromatic heterocycles. The van der Waals surface area contributed by atoms with E-state index in [2.05, 4.69) is 22.7 Å². The summed E-state index contributed by atoms with van der Waals surface area (Å²) in [5.41, 5.74) is 10.6. The zero-order chi connectivity index (χ0) is 11.0. The molecule has 3 rings (SSSR count). The topological polar surface area (TPSA) is 43.3 Å². The summed E-state index contributed by atoms with van der Waals surface area (Å²) in [5.74, 6) is 0. The molecule has 3 nitrogen and oxygen atoms in total. The van der Waals surface area contributed by atoms with E-state index in [0.29, 0.717) is 6.54 Å². The molecule has 0 radical (unpaired) electrons. The highest BCUT2D eigenvalue weighted by Gasteiger charge is 2.14. The third kappa shape index (κ3) is 1.52. The van der Waals surface area contributed by atoms with E-state index < -0.39 is 0 Å². The first-order chi connectivity index (χ1) is 7.88. The van der Waals surface area contributed by atoms with Gasteiger partial charge in [0.1, 0.15) is 5.65 Å². The van der Waals surface area contributed by atoms with Crippen molar-refractivity contribution in [1.29, 1.82) is 0 Å². The molecule has 0 saturated carbocycles. The van der Waals surface area contributed by atoms with Crippen molar-refractivity contribution in [2.24, 2.45) is 5.73 Å². The van der Waals surface area contributed by atoms with Crippen LogP contribution in [0.4, 0.5) is 0 Å². The van der Waals surface area contributed by atoms with Gasteiger partial charge in [-0.25, -0.2) is 4.98 Å². The molecule has 2 N–H and O–H groups in total. The van der Waals surface area contributed by atoms with E-state index in [0.717, 1.165) is 17.6 Å². The van der Waals surface area contributed by atoms with Crippen molar-refractivity contribution in [3.05, 3.63) is 35.3 Å². The Morgan fingerprint density at radius 2 is 2.12 bits per heavy atom. The van der Waals surface area contributed by atoms with E-state index in [9.17, 15) is 0 Å². The van der Waals surface area contributed by atoms with Gasteiger partial charge >= 0.3 is 0 Å². The van der Waals surface area contributed by atoms with Gasteiger partial charge in [-0.05, 0) is 43.4 Å². The zero-order valence-corrected chi connectivity index (χ0v) is 9.45. The SMILES string of the molecule is NCc1ccn2c3c(nc2c1)CCCCC3. The van der Waals surface area contributed by atoms with Crippen molar-refractivity contribution >= 4 is 5.65 Å². The average molecular weight is 215 g/mol. The molecule has 2 heterocycles. The monoisotopic (exact) mass is 215 g/mol. The molecule has 0 aromatic carbocycles. The minimum atomic E-state index is 0.591. The van der Waals surface area contributed by atoms with Crippen LogP contribution >= 0.6 is 0 Å². The normalized spacial score (nSPS) is 16.1. The maximum atomic E-state index is 5.65. The lowest BCUT2D eigenvalue weighted by atomic mass is 10.2. The minimum absolute atomic E-state index is 0.591. The van der Waals surface area contributed by atoms with E-state index in [1.54, 1.807) is 0 Å². The molecule has 0 fully saturated rings. The number of imidazole rings is 1. The van der Waals surface area contributed by atoms with Crippen LogP contribution in [0.5, 0.6) is 0 Å². The summed E-state index contributed by atoms with van der Waals surface area (Å²) in [6.07, 6.45) is 8.32. The minimum Gasteiger partial charge on any atom is -0.326 e. The molecule has 84 valence electrons. The Labute approximate surface area is 95.3 Å². The molecule has 0 aliphatic heterocycles. The highest BCUT2D eigenvalue weighted by atomic mass is 15.0. The van der Waals surface area contributed by atoms with Crippen LogP contribution in [0.2, 0.25) is 0 Å². The van der Waals surface area contributed by atoms with Gasteiger partial charge in [-0.2, -0.15) is 0 Å². The Morgan fingerprint density at radius 1 is 1.25 bits per heavy atom. The number of aryl methyl sites for hydroxylation is 2. The summed E-state index contributed by atoms with van der Waals surface area (Å²) in [7, 11) is 0. The highest BCUT2D eigenvalue weighted by molar-refractivity contribution is 5.46. The van der Waals surface area contributed by atoms with Crippen LogP contribution in [0.25, 0.3) is 5.65 Å². The molecule has 0 saturated heterocycles. The van der Waals surface area contributed by atoms with Gasteiger partial charge in [-0.3, -0.25) is 0 Å². The van der Waals surface area contributed by atoms with Crippen LogP contribution in [-0.2, 0) is 19.4 Å². The largest absolute Gasteiger partial charge is 0.326 e. The van der Waals surface area contributed by atoms with E-state index >= 15 is 0 Å². The summed E-state index contributed by atoms with van der Waals surface area (Å²) < 4.78 is 2.24. The first-order valence-electron chi connectivity index (χ1n) is 6.07. The van der Waals surface area contributed by atoms with Gasteiger partial charge in [0.05, 0.1) is 5.69 Å². The molecule has 3 heteroatoms. The quantitative estimate of drug-likeness (QED) is 0.740. The third-order valence-electron chi connectivity index (χ3n) is 3.44. The van der Waals surface area contributed by atoms with Gasteiger partial charge in [0.2, 0.25) is 0 Å². The number of aromatic nitrogens is 2. The Bertz CT molecular complexity index is 513. The average Bonchev–Trinajstić information content (AvgIpc) is 2.50. The lowest BCUT2D eigenvalue weighted by Crippen LogP contribution is -1.99. The lowest BCUT2D eigenvalue weighted by Gasteiger charge is -2.02. The zero-order valence-electron chi connectivity index (χ0n) is 9.45. The number of rotatable bonds is 1. The molecule has 0 atom stereocenters. The molecule has 0 bridgehead atoms. The molecule has 0 amide bonds. The van der Waals surface area contributed by atoms with Crippen LogP contribution in [0.3, 0.4) is 0 Å². The van der Waals surface area contributed by atoms with Crippen LogP contribution in [0, 0.1) is 0 Å². The molecule has 16 heavy (non-hydrogen) atoms. The van der Waals surface area contributed by atoms with Gasteiger partial charge in [0.15, 0.2) is 0 Å². The summed E-state index contributed by atoms with van der Waals surface area (Å²) >= 11 is 0. The molecule has 0 spiro atoms. The lowest BCUT2D eigenvalue weighted by molar-refractivity contribution is 0.701. The molecule has 0 unspecified atom stereocenters. The standard InChI is InChI=1S/C13H17N3/c14-9-10-6-7-16-12-5-3-1-2-4-11(12)15-13(16)8-10/h6-8H,1-5,9,14H2. The fourth-order valence-electron chi connectivity index (χ4n) is 2.54. The second-order valence-electron chi connectivity index (χ2n) is 4.53. The van der Waals surface area contributed by atoms with E-state index in [1.165, 1.54) is 37.1 Å².